The highest BCUT2D eigenvalue weighted by molar-refractivity contribution is 9.12. The van der Waals surface area contributed by atoms with E-state index < -0.39 is 41.9 Å². The van der Waals surface area contributed by atoms with E-state index in [1.54, 1.807) is 12.1 Å². The third-order valence-corrected chi connectivity index (χ3v) is 11.1. The number of carbonyl (C=O) groups excluding carboxylic acids is 4. The number of benzene rings is 2. The summed E-state index contributed by atoms with van der Waals surface area (Å²) < 4.78 is 0. The Bertz CT molecular complexity index is 1230. The molecule has 0 N–H and O–H groups in total. The highest BCUT2D eigenvalue weighted by Crippen LogP contribution is 2.60. The number of rotatable bonds is 5. The van der Waals surface area contributed by atoms with Gasteiger partial charge in [0.2, 0.25) is 0 Å². The smallest absolute Gasteiger partial charge is 0.274 e. The van der Waals surface area contributed by atoms with E-state index in [1.807, 2.05) is 0 Å². The van der Waals surface area contributed by atoms with Crippen LogP contribution in [0.4, 0.5) is 0 Å². The fourth-order valence-electron chi connectivity index (χ4n) is 5.47. The number of ketones is 1. The fourth-order valence-corrected chi connectivity index (χ4v) is 7.96. The van der Waals surface area contributed by atoms with Gasteiger partial charge in [-0.05, 0) is 60.7 Å². The summed E-state index contributed by atoms with van der Waals surface area (Å²) in [4.78, 5) is 54.1. The van der Waals surface area contributed by atoms with Gasteiger partial charge >= 0.3 is 0 Å². The molecule has 35 heavy (non-hydrogen) atoms. The van der Waals surface area contributed by atoms with Crippen molar-refractivity contribution >= 4 is 90.2 Å². The van der Waals surface area contributed by atoms with Crippen LogP contribution in [0.2, 0.25) is 15.1 Å². The maximum atomic E-state index is 13.7. The average molecular weight is 664 g/mol. The number of carbonyl (C=O) groups is 4. The van der Waals surface area contributed by atoms with E-state index in [1.165, 1.54) is 30.3 Å². The molecule has 1 aliphatic heterocycles. The van der Waals surface area contributed by atoms with Crippen LogP contribution in [0.1, 0.15) is 27.1 Å². The normalized spacial score (nSPS) is 29.0. The maximum absolute atomic E-state index is 13.7. The highest BCUT2D eigenvalue weighted by atomic mass is 79.9. The van der Waals surface area contributed by atoms with Gasteiger partial charge in [0, 0.05) is 25.3 Å². The molecule has 2 aromatic carbocycles. The molecular formula is C24H17Br2Cl3N2O4. The monoisotopic (exact) mass is 660 g/mol. The number of fused-ring (bicyclic) bond motifs is 5. The second-order valence-corrected chi connectivity index (χ2v) is 12.3. The molecule has 2 aromatic rings. The van der Waals surface area contributed by atoms with Gasteiger partial charge in [0.15, 0.2) is 5.78 Å². The number of Topliss-reactive ketones (excluding diaryl/α,β-unsaturated/α-hetero) is 1. The Hall–Kier alpha value is -1.45. The van der Waals surface area contributed by atoms with Gasteiger partial charge in [-0.1, -0.05) is 66.7 Å². The number of imide groups is 1. The minimum atomic E-state index is -0.742. The van der Waals surface area contributed by atoms with Gasteiger partial charge in [0.1, 0.15) is 6.54 Å². The summed E-state index contributed by atoms with van der Waals surface area (Å²) in [6, 6.07) is 10.4. The lowest BCUT2D eigenvalue weighted by Crippen LogP contribution is -2.52. The quantitative estimate of drug-likeness (QED) is 0.235. The molecule has 182 valence electrons. The van der Waals surface area contributed by atoms with E-state index in [-0.39, 0.29) is 37.6 Å². The lowest BCUT2D eigenvalue weighted by atomic mass is 9.81. The van der Waals surface area contributed by atoms with E-state index in [0.717, 1.165) is 16.4 Å². The summed E-state index contributed by atoms with van der Waals surface area (Å²) in [7, 11) is 0. The molecule has 5 rings (SSSR count). The Morgan fingerprint density at radius 1 is 0.886 bits per heavy atom. The number of alkyl halides is 2. The van der Waals surface area contributed by atoms with Crippen molar-refractivity contribution in [2.24, 2.45) is 23.7 Å². The van der Waals surface area contributed by atoms with Gasteiger partial charge in [-0.15, -0.1) is 0 Å². The third kappa shape index (κ3) is 4.15. The topological polar surface area (TPSA) is 74.8 Å². The van der Waals surface area contributed by atoms with Crippen LogP contribution < -0.4 is 0 Å². The third-order valence-electron chi connectivity index (χ3n) is 7.06. The average Bonchev–Trinajstić information content (AvgIpc) is 3.42. The maximum Gasteiger partial charge on any atom is 0.274 e. The Labute approximate surface area is 233 Å². The van der Waals surface area contributed by atoms with E-state index in [4.69, 9.17) is 34.8 Å². The Morgan fingerprint density at radius 3 is 1.97 bits per heavy atom. The van der Waals surface area contributed by atoms with Crippen molar-refractivity contribution in [1.82, 2.24) is 10.0 Å². The van der Waals surface area contributed by atoms with E-state index in [0.29, 0.717) is 10.0 Å². The van der Waals surface area contributed by atoms with E-state index >= 15 is 0 Å². The lowest BCUT2D eigenvalue weighted by Gasteiger charge is -2.31. The second-order valence-electron chi connectivity index (χ2n) is 8.91. The largest absolute Gasteiger partial charge is 0.292 e. The summed E-state index contributed by atoms with van der Waals surface area (Å²) >= 11 is 25.5. The van der Waals surface area contributed by atoms with Crippen LogP contribution in [0.5, 0.6) is 0 Å². The summed E-state index contributed by atoms with van der Waals surface area (Å²) in [5.41, 5.74) is 0.312. The number of hydrogen-bond acceptors (Lipinski definition) is 4. The van der Waals surface area contributed by atoms with Crippen molar-refractivity contribution in [1.29, 1.82) is 0 Å². The SMILES string of the molecule is O=C(CN(C(=O)c1ccc(Cl)cc1Cl)N1C(=O)[C@@H]2[C@H]3C[C@@H]([C@H](Br)[C@H]3Br)[C@@H]2C1=O)c1ccc(Cl)cc1. The summed E-state index contributed by atoms with van der Waals surface area (Å²) in [6.07, 6.45) is 0.743. The molecule has 6 nitrogen and oxygen atoms in total. The van der Waals surface area contributed by atoms with Crippen LogP contribution in [0.25, 0.3) is 0 Å². The first-order valence-electron chi connectivity index (χ1n) is 10.8. The van der Waals surface area contributed by atoms with Crippen LogP contribution in [0.15, 0.2) is 42.5 Å². The molecule has 1 saturated heterocycles. The van der Waals surface area contributed by atoms with Gasteiger partial charge in [-0.3, -0.25) is 19.2 Å². The van der Waals surface area contributed by atoms with Crippen LogP contribution >= 0.6 is 66.7 Å². The Balaban J connectivity index is 1.53. The zero-order valence-electron chi connectivity index (χ0n) is 17.8. The molecule has 6 atom stereocenters. The predicted molar refractivity (Wildman–Crippen MR) is 139 cm³/mol. The highest BCUT2D eigenvalue weighted by Gasteiger charge is 2.67. The molecule has 3 amide bonds. The molecule has 3 fully saturated rings. The molecule has 2 saturated carbocycles. The van der Waals surface area contributed by atoms with Gasteiger partial charge in [0.05, 0.1) is 22.4 Å². The van der Waals surface area contributed by atoms with Gasteiger partial charge in [0.25, 0.3) is 17.7 Å². The minimum absolute atomic E-state index is 0.0253. The number of amides is 3. The number of nitrogens with zero attached hydrogens (tertiary/aromatic N) is 2. The molecule has 0 radical (unpaired) electrons. The first-order chi connectivity index (χ1) is 16.6. The zero-order valence-corrected chi connectivity index (χ0v) is 23.3. The molecular weight excluding hydrogens is 646 g/mol. The van der Waals surface area contributed by atoms with Gasteiger partial charge in [-0.25, -0.2) is 5.01 Å². The first-order valence-corrected chi connectivity index (χ1v) is 13.8. The molecule has 2 bridgehead atoms. The Kier molecular flexibility index (Phi) is 6.81. The van der Waals surface area contributed by atoms with Crippen molar-refractivity contribution < 1.29 is 19.2 Å². The van der Waals surface area contributed by atoms with Gasteiger partial charge < -0.3 is 0 Å². The predicted octanol–water partition coefficient (Wildman–Crippen LogP) is 5.66. The minimum Gasteiger partial charge on any atom is -0.292 e. The second kappa shape index (κ2) is 9.45. The van der Waals surface area contributed by atoms with Crippen molar-refractivity contribution in [3.63, 3.8) is 0 Å². The van der Waals surface area contributed by atoms with Crippen molar-refractivity contribution in [3.8, 4) is 0 Å². The molecule has 0 aromatic heterocycles. The van der Waals surface area contributed by atoms with E-state index in [9.17, 15) is 19.2 Å². The molecule has 1 heterocycles. The summed E-state index contributed by atoms with van der Waals surface area (Å²) in [6.45, 7) is -0.527. The molecule has 11 heteroatoms. The van der Waals surface area contributed by atoms with Crippen molar-refractivity contribution in [2.75, 3.05) is 6.54 Å². The van der Waals surface area contributed by atoms with E-state index in [2.05, 4.69) is 31.9 Å². The molecule has 0 unspecified atom stereocenters. The fraction of sp³-hybridized carbons (Fsp3) is 0.333. The molecule has 3 aliphatic rings. The molecule has 2 aliphatic carbocycles. The number of hydrazine groups is 1. The van der Waals surface area contributed by atoms with Crippen molar-refractivity contribution in [3.05, 3.63) is 68.7 Å². The zero-order chi connectivity index (χ0) is 25.2. The van der Waals surface area contributed by atoms with Crippen LogP contribution in [0.3, 0.4) is 0 Å². The summed E-state index contributed by atoms with van der Waals surface area (Å²) in [5, 5.41) is 2.60. The van der Waals surface area contributed by atoms with Crippen LogP contribution in [-0.4, -0.2) is 49.7 Å². The lowest BCUT2D eigenvalue weighted by molar-refractivity contribution is -0.154. The van der Waals surface area contributed by atoms with Crippen molar-refractivity contribution in [2.45, 2.75) is 16.1 Å². The van der Waals surface area contributed by atoms with Crippen LogP contribution in [-0.2, 0) is 9.59 Å². The molecule has 0 spiro atoms. The number of halogens is 5. The Morgan fingerprint density at radius 2 is 1.43 bits per heavy atom. The van der Waals surface area contributed by atoms with Gasteiger partial charge in [-0.2, -0.15) is 5.01 Å². The number of hydrogen-bond donors (Lipinski definition) is 0. The summed E-state index contributed by atoms with van der Waals surface area (Å²) in [5.74, 6) is -3.33. The standard InChI is InChI=1S/C24H17Br2Cl3N2O4/c25-20-14-8-15(21(20)26)19-18(14)23(34)31(24(19)35)30(9-17(32)10-1-3-11(27)4-2-10)22(33)13-6-5-12(28)7-16(13)29/h1-7,14-15,18-21H,8-9H2/t14-,15-,18-,19+,20+,21+/m1/s1. The first kappa shape index (κ1) is 25.2. The van der Waals surface area contributed by atoms with Crippen LogP contribution in [0, 0.1) is 23.7 Å².